The highest BCUT2D eigenvalue weighted by Gasteiger charge is 2.16. The third-order valence-electron chi connectivity index (χ3n) is 5.82. The van der Waals surface area contributed by atoms with Crippen LogP contribution in [0.25, 0.3) is 6.08 Å². The van der Waals surface area contributed by atoms with Crippen molar-refractivity contribution >= 4 is 46.9 Å². The van der Waals surface area contributed by atoms with Crippen molar-refractivity contribution in [1.82, 2.24) is 5.32 Å². The topological polar surface area (TPSA) is 106 Å². The molecule has 0 spiro atoms. The van der Waals surface area contributed by atoms with Crippen LogP contribution in [0.15, 0.2) is 114 Å². The lowest BCUT2D eigenvalue weighted by Gasteiger charge is -2.13. The van der Waals surface area contributed by atoms with E-state index in [-0.39, 0.29) is 17.4 Å². The Balaban J connectivity index is 1.41. The van der Waals surface area contributed by atoms with Crippen molar-refractivity contribution in [3.63, 3.8) is 0 Å². The Hall–Kier alpha value is -5.02. The van der Waals surface area contributed by atoms with Gasteiger partial charge in [0.1, 0.15) is 17.2 Å². The maximum absolute atomic E-state index is 13.3. The summed E-state index contributed by atoms with van der Waals surface area (Å²) >= 11 is 1.37. The van der Waals surface area contributed by atoms with Gasteiger partial charge in [0, 0.05) is 27.4 Å². The number of methoxy groups -OCH3 is 2. The molecule has 41 heavy (non-hydrogen) atoms. The second-order valence-electron chi connectivity index (χ2n) is 8.66. The molecule has 0 radical (unpaired) electrons. The van der Waals surface area contributed by atoms with Gasteiger partial charge in [-0.2, -0.15) is 0 Å². The van der Waals surface area contributed by atoms with Crippen LogP contribution in [-0.2, 0) is 9.59 Å². The number of benzene rings is 4. The van der Waals surface area contributed by atoms with Gasteiger partial charge in [-0.15, -0.1) is 11.8 Å². The van der Waals surface area contributed by atoms with Gasteiger partial charge in [-0.05, 0) is 72.8 Å². The number of carbonyl (C=O) groups excluding carboxylic acids is 3. The first-order valence-electron chi connectivity index (χ1n) is 12.6. The van der Waals surface area contributed by atoms with E-state index in [1.165, 1.54) is 18.9 Å². The summed E-state index contributed by atoms with van der Waals surface area (Å²) in [5, 5.41) is 8.40. The first kappa shape index (κ1) is 29.0. The van der Waals surface area contributed by atoms with Crippen molar-refractivity contribution in [3.8, 4) is 11.5 Å². The molecule has 4 aromatic rings. The minimum absolute atomic E-state index is 0.0528. The van der Waals surface area contributed by atoms with Gasteiger partial charge >= 0.3 is 0 Å². The van der Waals surface area contributed by atoms with Gasteiger partial charge in [0.2, 0.25) is 5.91 Å². The molecule has 0 bridgehead atoms. The van der Waals surface area contributed by atoms with Gasteiger partial charge in [-0.1, -0.05) is 36.4 Å². The molecule has 3 N–H and O–H groups in total. The molecule has 0 atom stereocenters. The lowest BCUT2D eigenvalue weighted by atomic mass is 10.1. The number of hydrogen-bond donors (Lipinski definition) is 3. The SMILES string of the molecule is COc1ccc(NC(=O)CSc2ccc(NC(=O)/C(=C/c3ccccc3OC)NC(=O)c3ccccc3)cc2)cc1. The lowest BCUT2D eigenvalue weighted by Crippen LogP contribution is -2.30. The summed E-state index contributed by atoms with van der Waals surface area (Å²) < 4.78 is 10.5. The van der Waals surface area contributed by atoms with Crippen LogP contribution < -0.4 is 25.4 Å². The highest BCUT2D eigenvalue weighted by atomic mass is 32.2. The number of thioether (sulfide) groups is 1. The average molecular weight is 568 g/mol. The molecular weight excluding hydrogens is 538 g/mol. The smallest absolute Gasteiger partial charge is 0.272 e. The van der Waals surface area contributed by atoms with Crippen molar-refractivity contribution < 1.29 is 23.9 Å². The number of anilines is 2. The summed E-state index contributed by atoms with van der Waals surface area (Å²) in [4.78, 5) is 39.4. The predicted molar refractivity (Wildman–Crippen MR) is 162 cm³/mol. The van der Waals surface area contributed by atoms with E-state index in [4.69, 9.17) is 9.47 Å². The largest absolute Gasteiger partial charge is 0.497 e. The Labute approximate surface area is 242 Å². The van der Waals surface area contributed by atoms with Crippen LogP contribution in [0.5, 0.6) is 11.5 Å². The Bertz CT molecular complexity index is 1520. The highest BCUT2D eigenvalue weighted by molar-refractivity contribution is 8.00. The van der Waals surface area contributed by atoms with E-state index < -0.39 is 11.8 Å². The maximum Gasteiger partial charge on any atom is 0.272 e. The fourth-order valence-corrected chi connectivity index (χ4v) is 4.44. The molecular formula is C32H29N3O5S. The van der Waals surface area contributed by atoms with Gasteiger partial charge in [-0.25, -0.2) is 0 Å². The van der Waals surface area contributed by atoms with Gasteiger partial charge in [-0.3, -0.25) is 14.4 Å². The Morgan fingerprint density at radius 2 is 1.37 bits per heavy atom. The fraction of sp³-hybridized carbons (Fsp3) is 0.0938. The number of para-hydroxylation sites is 1. The normalized spacial score (nSPS) is 10.8. The molecule has 9 heteroatoms. The zero-order chi connectivity index (χ0) is 29.0. The molecule has 0 aliphatic carbocycles. The zero-order valence-corrected chi connectivity index (χ0v) is 23.4. The molecule has 0 saturated heterocycles. The van der Waals surface area contributed by atoms with E-state index in [0.717, 1.165) is 4.90 Å². The molecule has 0 unspecified atom stereocenters. The van der Waals surface area contributed by atoms with E-state index >= 15 is 0 Å². The predicted octanol–water partition coefficient (Wildman–Crippen LogP) is 5.84. The molecule has 4 aromatic carbocycles. The summed E-state index contributed by atoms with van der Waals surface area (Å²) in [5.74, 6) is 0.434. The number of amides is 3. The summed E-state index contributed by atoms with van der Waals surface area (Å²) in [6.45, 7) is 0. The standard InChI is InChI=1S/C32H29N3O5S/c1-39-26-16-12-24(13-17-26)33-30(36)21-41-27-18-14-25(15-19-27)34-32(38)28(20-23-10-6-7-11-29(23)40-2)35-31(37)22-8-4-3-5-9-22/h3-20H,21H2,1-2H3,(H,33,36)(H,34,38)(H,35,37)/b28-20-. The second kappa shape index (κ2) is 14.4. The number of ether oxygens (including phenoxy) is 2. The maximum atomic E-state index is 13.3. The lowest BCUT2D eigenvalue weighted by molar-refractivity contribution is -0.114. The van der Waals surface area contributed by atoms with E-state index in [2.05, 4.69) is 16.0 Å². The summed E-state index contributed by atoms with van der Waals surface area (Å²) in [6, 6.07) is 30.1. The third kappa shape index (κ3) is 8.48. The van der Waals surface area contributed by atoms with Gasteiger partial charge in [0.25, 0.3) is 11.8 Å². The average Bonchev–Trinajstić information content (AvgIpc) is 3.01. The Kier molecular flexibility index (Phi) is 10.2. The van der Waals surface area contributed by atoms with Crippen LogP contribution in [0.4, 0.5) is 11.4 Å². The molecule has 8 nitrogen and oxygen atoms in total. The first-order chi connectivity index (χ1) is 19.9. The van der Waals surface area contributed by atoms with Crippen LogP contribution in [0.1, 0.15) is 15.9 Å². The van der Waals surface area contributed by atoms with Gasteiger partial charge in [0.05, 0.1) is 20.0 Å². The van der Waals surface area contributed by atoms with Crippen molar-refractivity contribution in [3.05, 3.63) is 120 Å². The molecule has 4 rings (SSSR count). The quantitative estimate of drug-likeness (QED) is 0.155. The Morgan fingerprint density at radius 1 is 0.732 bits per heavy atom. The van der Waals surface area contributed by atoms with Crippen molar-refractivity contribution in [2.24, 2.45) is 0 Å². The minimum atomic E-state index is -0.501. The summed E-state index contributed by atoms with van der Waals surface area (Å²) in [7, 11) is 3.12. The summed E-state index contributed by atoms with van der Waals surface area (Å²) in [5.41, 5.74) is 2.32. The van der Waals surface area contributed by atoms with E-state index in [0.29, 0.717) is 34.0 Å². The molecule has 0 saturated carbocycles. The monoisotopic (exact) mass is 567 g/mol. The van der Waals surface area contributed by atoms with Crippen LogP contribution in [0.2, 0.25) is 0 Å². The Morgan fingerprint density at radius 3 is 2.05 bits per heavy atom. The van der Waals surface area contributed by atoms with Crippen LogP contribution in [0, 0.1) is 0 Å². The molecule has 0 aromatic heterocycles. The fourth-order valence-electron chi connectivity index (χ4n) is 3.74. The molecule has 0 heterocycles. The van der Waals surface area contributed by atoms with E-state index in [1.54, 1.807) is 86.0 Å². The zero-order valence-electron chi connectivity index (χ0n) is 22.5. The number of carbonyl (C=O) groups is 3. The van der Waals surface area contributed by atoms with Crippen molar-refractivity contribution in [2.75, 3.05) is 30.6 Å². The van der Waals surface area contributed by atoms with Crippen molar-refractivity contribution in [2.45, 2.75) is 4.90 Å². The van der Waals surface area contributed by atoms with Crippen LogP contribution in [-0.4, -0.2) is 37.7 Å². The van der Waals surface area contributed by atoms with E-state index in [1.807, 2.05) is 30.3 Å². The highest BCUT2D eigenvalue weighted by Crippen LogP contribution is 2.23. The molecule has 0 aliphatic rings. The minimum Gasteiger partial charge on any atom is -0.497 e. The summed E-state index contributed by atoms with van der Waals surface area (Å²) in [6.07, 6.45) is 1.57. The van der Waals surface area contributed by atoms with E-state index in [9.17, 15) is 14.4 Å². The van der Waals surface area contributed by atoms with Crippen LogP contribution >= 0.6 is 11.8 Å². The molecule has 0 fully saturated rings. The second-order valence-corrected chi connectivity index (χ2v) is 9.71. The number of hydrogen-bond acceptors (Lipinski definition) is 6. The van der Waals surface area contributed by atoms with Gasteiger partial charge in [0.15, 0.2) is 0 Å². The number of rotatable bonds is 11. The molecule has 208 valence electrons. The molecule has 0 aliphatic heterocycles. The van der Waals surface area contributed by atoms with Crippen molar-refractivity contribution in [1.29, 1.82) is 0 Å². The first-order valence-corrected chi connectivity index (χ1v) is 13.6. The third-order valence-corrected chi connectivity index (χ3v) is 6.84. The number of nitrogens with one attached hydrogen (secondary N) is 3. The van der Waals surface area contributed by atoms with Gasteiger partial charge < -0.3 is 25.4 Å². The molecule has 3 amide bonds. The van der Waals surface area contributed by atoms with Crippen LogP contribution in [0.3, 0.4) is 0 Å².